The summed E-state index contributed by atoms with van der Waals surface area (Å²) in [5.74, 6) is 0. The number of aromatic amines is 2. The van der Waals surface area contributed by atoms with Crippen LogP contribution in [0.3, 0.4) is 0 Å². The zero-order valence-electron chi connectivity index (χ0n) is 11.0. The Morgan fingerprint density at radius 1 is 1.21 bits per heavy atom. The lowest BCUT2D eigenvalue weighted by molar-refractivity contribution is 0.494. The van der Waals surface area contributed by atoms with Crippen LogP contribution in [0.4, 0.5) is 5.69 Å². The van der Waals surface area contributed by atoms with Gasteiger partial charge in [0.15, 0.2) is 0 Å². The van der Waals surface area contributed by atoms with Crippen LogP contribution in [0.5, 0.6) is 0 Å². The van der Waals surface area contributed by atoms with E-state index in [0.717, 1.165) is 5.69 Å². The number of H-pyrrole nitrogens is 2. The average Bonchev–Trinajstić information content (AvgIpc) is 3.14. The van der Waals surface area contributed by atoms with Crippen LogP contribution < -0.4 is 16.4 Å². The molecule has 1 saturated carbocycles. The van der Waals surface area contributed by atoms with Crippen LogP contribution >= 0.6 is 0 Å². The highest BCUT2D eigenvalue weighted by Gasteiger charge is 2.42. The molecule has 1 aliphatic carbocycles. The second kappa shape index (κ2) is 3.98. The van der Waals surface area contributed by atoms with Crippen LogP contribution in [-0.2, 0) is 0 Å². The van der Waals surface area contributed by atoms with Crippen molar-refractivity contribution in [3.63, 3.8) is 0 Å². The maximum atomic E-state index is 11.9. The second-order valence-corrected chi connectivity index (χ2v) is 5.66. The SMILES string of the molecule is CC(Nc1cccc2c(=O)[nH][nH]c(=O)c12)C1(C)CC1. The van der Waals surface area contributed by atoms with Gasteiger partial charge >= 0.3 is 0 Å². The first kappa shape index (κ1) is 12.0. The van der Waals surface area contributed by atoms with E-state index < -0.39 is 0 Å². The molecule has 1 atom stereocenters. The predicted molar refractivity (Wildman–Crippen MR) is 75.6 cm³/mol. The number of anilines is 1. The Kier molecular flexibility index (Phi) is 2.52. The van der Waals surface area contributed by atoms with Crippen molar-refractivity contribution < 1.29 is 0 Å². The third-order valence-corrected chi connectivity index (χ3v) is 4.28. The Bertz CT molecular complexity index is 740. The summed E-state index contributed by atoms with van der Waals surface area (Å²) in [4.78, 5) is 23.7. The summed E-state index contributed by atoms with van der Waals surface area (Å²) in [5.41, 5.74) is 0.482. The zero-order valence-corrected chi connectivity index (χ0v) is 11.0. The van der Waals surface area contributed by atoms with E-state index in [1.165, 1.54) is 12.8 Å². The Hall–Kier alpha value is -2.04. The van der Waals surface area contributed by atoms with Gasteiger partial charge in [-0.3, -0.25) is 19.8 Å². The fourth-order valence-corrected chi connectivity index (χ4v) is 2.39. The summed E-state index contributed by atoms with van der Waals surface area (Å²) in [6.07, 6.45) is 2.39. The molecule has 2 aromatic rings. The highest BCUT2D eigenvalue weighted by Crippen LogP contribution is 2.48. The molecular formula is C14H17N3O2. The van der Waals surface area contributed by atoms with E-state index in [2.05, 4.69) is 29.4 Å². The van der Waals surface area contributed by atoms with Gasteiger partial charge in [-0.05, 0) is 37.3 Å². The summed E-state index contributed by atoms with van der Waals surface area (Å²) in [7, 11) is 0. The fourth-order valence-electron chi connectivity index (χ4n) is 2.39. The third kappa shape index (κ3) is 1.95. The normalized spacial score (nSPS) is 18.2. The minimum atomic E-state index is -0.275. The molecule has 100 valence electrons. The van der Waals surface area contributed by atoms with Crippen LogP contribution in [-0.4, -0.2) is 16.2 Å². The number of nitrogens with one attached hydrogen (secondary N) is 3. The minimum Gasteiger partial charge on any atom is -0.381 e. The van der Waals surface area contributed by atoms with Gasteiger partial charge in [0, 0.05) is 11.7 Å². The summed E-state index contributed by atoms with van der Waals surface area (Å²) >= 11 is 0. The van der Waals surface area contributed by atoms with Gasteiger partial charge in [-0.15, -0.1) is 0 Å². The molecule has 0 aliphatic heterocycles. The molecule has 0 amide bonds. The molecule has 3 N–H and O–H groups in total. The van der Waals surface area contributed by atoms with Gasteiger partial charge in [0.1, 0.15) is 0 Å². The van der Waals surface area contributed by atoms with E-state index in [9.17, 15) is 9.59 Å². The largest absolute Gasteiger partial charge is 0.381 e. The molecule has 1 aliphatic rings. The van der Waals surface area contributed by atoms with E-state index in [-0.39, 0.29) is 17.2 Å². The Morgan fingerprint density at radius 2 is 1.89 bits per heavy atom. The van der Waals surface area contributed by atoms with E-state index in [0.29, 0.717) is 16.2 Å². The number of rotatable bonds is 3. The number of aromatic nitrogens is 2. The van der Waals surface area contributed by atoms with Crippen molar-refractivity contribution in [2.24, 2.45) is 5.41 Å². The summed E-state index contributed by atoms with van der Waals surface area (Å²) in [6, 6.07) is 5.58. The van der Waals surface area contributed by atoms with Crippen molar-refractivity contribution >= 4 is 16.5 Å². The molecule has 1 aromatic heterocycles. The standard InChI is InChI=1S/C14H17N3O2/c1-8(14(2)6-7-14)15-10-5-3-4-9-11(10)13(19)17-16-12(9)18/h3-5,8,15H,6-7H2,1-2H3,(H,16,18)(H,17,19). The molecule has 0 saturated heterocycles. The fraction of sp³-hybridized carbons (Fsp3) is 0.429. The van der Waals surface area contributed by atoms with Gasteiger partial charge in [-0.25, -0.2) is 0 Å². The first-order valence-corrected chi connectivity index (χ1v) is 6.51. The lowest BCUT2D eigenvalue weighted by atomic mass is 10.00. The van der Waals surface area contributed by atoms with Crippen LogP contribution in [0.2, 0.25) is 0 Å². The summed E-state index contributed by atoms with van der Waals surface area (Å²) < 4.78 is 0. The van der Waals surface area contributed by atoms with Crippen LogP contribution in [0.1, 0.15) is 26.7 Å². The first-order chi connectivity index (χ1) is 9.01. The molecule has 1 unspecified atom stereocenters. The summed E-state index contributed by atoms with van der Waals surface area (Å²) in [6.45, 7) is 4.35. The smallest absolute Gasteiger partial charge is 0.272 e. The quantitative estimate of drug-likeness (QED) is 0.786. The number of hydrogen-bond acceptors (Lipinski definition) is 3. The molecule has 3 rings (SSSR count). The third-order valence-electron chi connectivity index (χ3n) is 4.28. The van der Waals surface area contributed by atoms with Gasteiger partial charge in [-0.2, -0.15) is 0 Å². The van der Waals surface area contributed by atoms with Gasteiger partial charge in [0.25, 0.3) is 11.1 Å². The Balaban J connectivity index is 2.11. The number of hydrogen-bond donors (Lipinski definition) is 3. The van der Waals surface area contributed by atoms with E-state index in [4.69, 9.17) is 0 Å². The topological polar surface area (TPSA) is 77.8 Å². The van der Waals surface area contributed by atoms with Crippen molar-refractivity contribution in [2.45, 2.75) is 32.7 Å². The van der Waals surface area contributed by atoms with Crippen LogP contribution in [0.15, 0.2) is 27.8 Å². The highest BCUT2D eigenvalue weighted by molar-refractivity contribution is 5.92. The van der Waals surface area contributed by atoms with Crippen molar-refractivity contribution in [3.8, 4) is 0 Å². The second-order valence-electron chi connectivity index (χ2n) is 5.66. The number of benzene rings is 1. The van der Waals surface area contributed by atoms with Gasteiger partial charge in [0.05, 0.1) is 10.8 Å². The molecule has 1 fully saturated rings. The van der Waals surface area contributed by atoms with Crippen molar-refractivity contribution in [2.75, 3.05) is 5.32 Å². The molecular weight excluding hydrogens is 242 g/mol. The number of fused-ring (bicyclic) bond motifs is 1. The van der Waals surface area contributed by atoms with Crippen molar-refractivity contribution in [3.05, 3.63) is 38.9 Å². The average molecular weight is 259 g/mol. The molecule has 5 heteroatoms. The summed E-state index contributed by atoms with van der Waals surface area (Å²) in [5, 5.41) is 8.96. The van der Waals surface area contributed by atoms with Gasteiger partial charge < -0.3 is 5.32 Å². The molecule has 0 bridgehead atoms. The Morgan fingerprint density at radius 3 is 2.58 bits per heavy atom. The molecule has 1 aromatic carbocycles. The van der Waals surface area contributed by atoms with Crippen LogP contribution in [0.25, 0.3) is 10.8 Å². The predicted octanol–water partition coefficient (Wildman–Crippen LogP) is 1.82. The molecule has 0 spiro atoms. The first-order valence-electron chi connectivity index (χ1n) is 6.51. The van der Waals surface area contributed by atoms with Gasteiger partial charge in [0.2, 0.25) is 0 Å². The van der Waals surface area contributed by atoms with Gasteiger partial charge in [-0.1, -0.05) is 13.0 Å². The maximum Gasteiger partial charge on any atom is 0.272 e. The molecule has 19 heavy (non-hydrogen) atoms. The molecule has 5 nitrogen and oxygen atoms in total. The van der Waals surface area contributed by atoms with Crippen molar-refractivity contribution in [1.29, 1.82) is 0 Å². The minimum absolute atomic E-state index is 0.272. The van der Waals surface area contributed by atoms with Crippen molar-refractivity contribution in [1.82, 2.24) is 10.2 Å². The monoisotopic (exact) mass is 259 g/mol. The van der Waals surface area contributed by atoms with E-state index in [1.807, 2.05) is 6.07 Å². The lowest BCUT2D eigenvalue weighted by Gasteiger charge is -2.22. The maximum absolute atomic E-state index is 11.9. The van der Waals surface area contributed by atoms with E-state index in [1.54, 1.807) is 12.1 Å². The lowest BCUT2D eigenvalue weighted by Crippen LogP contribution is -2.27. The molecule has 1 heterocycles. The zero-order chi connectivity index (χ0) is 13.6. The molecule has 0 radical (unpaired) electrons. The van der Waals surface area contributed by atoms with Crippen LogP contribution in [0, 0.1) is 5.41 Å². The highest BCUT2D eigenvalue weighted by atomic mass is 16.1. The van der Waals surface area contributed by atoms with E-state index >= 15 is 0 Å². The Labute approximate surface area is 110 Å².